The van der Waals surface area contributed by atoms with Crippen LogP contribution < -0.4 is 0 Å². The average Bonchev–Trinajstić information content (AvgIpc) is 1.99. The summed E-state index contributed by atoms with van der Waals surface area (Å²) < 4.78 is -1.74. The van der Waals surface area contributed by atoms with E-state index in [-0.39, 0.29) is 5.03 Å². The molecule has 0 heterocycles. The second kappa shape index (κ2) is 3.55. The molecule has 68 valence electrons. The number of carbonyl (C=O) groups is 1. The predicted molar refractivity (Wildman–Crippen MR) is 52.7 cm³/mol. The molecule has 0 saturated carbocycles. The highest BCUT2D eigenvalue weighted by Gasteiger charge is 2.46. The molecule has 0 bridgehead atoms. The molecular weight excluding hydrogens is 265 g/mol. The van der Waals surface area contributed by atoms with E-state index in [1.165, 1.54) is 6.08 Å². The van der Waals surface area contributed by atoms with Crippen molar-refractivity contribution in [2.45, 2.75) is 15.1 Å². The van der Waals surface area contributed by atoms with E-state index in [2.05, 4.69) is 0 Å². The van der Waals surface area contributed by atoms with Gasteiger partial charge >= 0.3 is 0 Å². The van der Waals surface area contributed by atoms with Crippen molar-refractivity contribution in [3.8, 4) is 0 Å². The van der Waals surface area contributed by atoms with E-state index in [0.717, 1.165) is 0 Å². The van der Waals surface area contributed by atoms with Crippen LogP contribution in [0, 0.1) is 0 Å². The van der Waals surface area contributed by atoms with Crippen LogP contribution >= 0.6 is 58.0 Å². The first-order valence-corrected chi connectivity index (χ1v) is 4.96. The van der Waals surface area contributed by atoms with Gasteiger partial charge in [0.2, 0.25) is 4.33 Å². The molecule has 0 aromatic heterocycles. The van der Waals surface area contributed by atoms with Crippen LogP contribution in [-0.4, -0.2) is 20.9 Å². The fraction of sp³-hybridized carbons (Fsp3) is 0.500. The van der Waals surface area contributed by atoms with Gasteiger partial charge < -0.3 is 0 Å². The Morgan fingerprint density at radius 2 is 1.83 bits per heavy atom. The predicted octanol–water partition coefficient (Wildman–Crippen LogP) is 3.08. The molecule has 0 amide bonds. The number of alkyl halides is 4. The summed E-state index contributed by atoms with van der Waals surface area (Å²) in [6.07, 6.45) is 1.36. The van der Waals surface area contributed by atoms with Crippen molar-refractivity contribution in [1.29, 1.82) is 0 Å². The van der Waals surface area contributed by atoms with Gasteiger partial charge in [0.1, 0.15) is 5.38 Å². The molecule has 12 heavy (non-hydrogen) atoms. The molecule has 0 spiro atoms. The van der Waals surface area contributed by atoms with Crippen LogP contribution in [0.3, 0.4) is 0 Å². The highest BCUT2D eigenvalue weighted by Crippen LogP contribution is 2.41. The molecule has 0 saturated heterocycles. The largest absolute Gasteiger partial charge is 0.294 e. The van der Waals surface area contributed by atoms with Crippen LogP contribution in [-0.2, 0) is 4.79 Å². The Bertz CT molecular complexity index is 246. The molecule has 0 aliphatic heterocycles. The van der Waals surface area contributed by atoms with Crippen LogP contribution in [0.25, 0.3) is 0 Å². The van der Waals surface area contributed by atoms with Gasteiger partial charge in [0.25, 0.3) is 0 Å². The highest BCUT2D eigenvalue weighted by atomic mass is 35.5. The van der Waals surface area contributed by atoms with E-state index in [1.54, 1.807) is 0 Å². The summed E-state index contributed by atoms with van der Waals surface area (Å²) in [7, 11) is 0. The zero-order chi connectivity index (χ0) is 9.52. The zero-order valence-corrected chi connectivity index (χ0v) is 9.31. The Morgan fingerprint density at radius 1 is 1.33 bits per heavy atom. The van der Waals surface area contributed by atoms with Crippen molar-refractivity contribution in [2.75, 3.05) is 0 Å². The van der Waals surface area contributed by atoms with Gasteiger partial charge in [0.15, 0.2) is 5.78 Å². The minimum absolute atomic E-state index is 0.00716. The fourth-order valence-electron chi connectivity index (χ4n) is 0.764. The molecule has 0 aromatic carbocycles. The SMILES string of the molecule is O=C1C(Cl)C(Cl)C=C(Cl)C1(Cl)Cl. The lowest BCUT2D eigenvalue weighted by molar-refractivity contribution is -0.118. The highest BCUT2D eigenvalue weighted by molar-refractivity contribution is 6.67. The maximum atomic E-state index is 11.3. The number of hydrogen-bond acceptors (Lipinski definition) is 1. The second-order valence-corrected chi connectivity index (χ2v) is 5.01. The zero-order valence-electron chi connectivity index (χ0n) is 5.53. The molecule has 2 atom stereocenters. The second-order valence-electron chi connectivity index (χ2n) is 2.30. The first-order chi connectivity index (χ1) is 5.37. The van der Waals surface area contributed by atoms with Gasteiger partial charge in [-0.2, -0.15) is 0 Å². The van der Waals surface area contributed by atoms with Crippen molar-refractivity contribution in [2.24, 2.45) is 0 Å². The normalized spacial score (nSPS) is 34.8. The van der Waals surface area contributed by atoms with Crippen LogP contribution in [0.4, 0.5) is 0 Å². The van der Waals surface area contributed by atoms with Crippen molar-refractivity contribution in [3.05, 3.63) is 11.1 Å². The molecule has 0 fully saturated rings. The van der Waals surface area contributed by atoms with E-state index < -0.39 is 20.9 Å². The van der Waals surface area contributed by atoms with E-state index in [0.29, 0.717) is 0 Å². The molecule has 0 N–H and O–H groups in total. The maximum Gasteiger partial charge on any atom is 0.212 e. The summed E-state index contributed by atoms with van der Waals surface area (Å²) in [4.78, 5) is 11.3. The Labute approximate surface area is 94.5 Å². The van der Waals surface area contributed by atoms with Crippen LogP contribution in [0.5, 0.6) is 0 Å². The molecule has 1 aliphatic carbocycles. The van der Waals surface area contributed by atoms with E-state index in [4.69, 9.17) is 58.0 Å². The van der Waals surface area contributed by atoms with Crippen molar-refractivity contribution < 1.29 is 4.79 Å². The van der Waals surface area contributed by atoms with Gasteiger partial charge in [-0.25, -0.2) is 0 Å². The van der Waals surface area contributed by atoms with Crippen LogP contribution in [0.2, 0.25) is 0 Å². The van der Waals surface area contributed by atoms with Gasteiger partial charge in [-0.3, -0.25) is 4.79 Å². The Morgan fingerprint density at radius 3 is 2.33 bits per heavy atom. The number of rotatable bonds is 0. The van der Waals surface area contributed by atoms with Gasteiger partial charge in [-0.1, -0.05) is 34.8 Å². The van der Waals surface area contributed by atoms with Crippen molar-refractivity contribution in [3.63, 3.8) is 0 Å². The summed E-state index contributed by atoms with van der Waals surface area (Å²) in [5.41, 5.74) is 0. The smallest absolute Gasteiger partial charge is 0.212 e. The number of carbonyl (C=O) groups excluding carboxylic acids is 1. The quantitative estimate of drug-likeness (QED) is 0.617. The fourth-order valence-corrected chi connectivity index (χ4v) is 2.01. The Balaban J connectivity index is 3.09. The van der Waals surface area contributed by atoms with Crippen molar-refractivity contribution in [1.82, 2.24) is 0 Å². The minimum atomic E-state index is -1.74. The van der Waals surface area contributed by atoms with E-state index in [1.807, 2.05) is 0 Å². The molecule has 1 nitrogen and oxygen atoms in total. The minimum Gasteiger partial charge on any atom is -0.294 e. The number of hydrogen-bond donors (Lipinski definition) is 0. The first-order valence-electron chi connectivity index (χ1n) is 2.95. The van der Waals surface area contributed by atoms with Gasteiger partial charge in [-0.05, 0) is 6.08 Å². The molecule has 0 radical (unpaired) electrons. The molecule has 0 aromatic rings. The topological polar surface area (TPSA) is 17.1 Å². The maximum absolute atomic E-state index is 11.3. The summed E-state index contributed by atoms with van der Waals surface area (Å²) in [5, 5.41) is -1.57. The number of allylic oxidation sites excluding steroid dienone is 2. The van der Waals surface area contributed by atoms with Crippen LogP contribution in [0.1, 0.15) is 0 Å². The molecule has 2 unspecified atom stereocenters. The van der Waals surface area contributed by atoms with Crippen molar-refractivity contribution >= 4 is 63.8 Å². The first kappa shape index (κ1) is 10.9. The van der Waals surface area contributed by atoms with Gasteiger partial charge in [0.05, 0.1) is 10.4 Å². The molecule has 1 aliphatic rings. The third kappa shape index (κ3) is 1.71. The third-order valence-electron chi connectivity index (χ3n) is 1.45. The summed E-state index contributed by atoms with van der Waals surface area (Å²) in [6.45, 7) is 0. The summed E-state index contributed by atoms with van der Waals surface area (Å²) in [5.74, 6) is -0.583. The number of halogens is 5. The summed E-state index contributed by atoms with van der Waals surface area (Å²) >= 11 is 28.1. The molecule has 6 heteroatoms. The van der Waals surface area contributed by atoms with Gasteiger partial charge in [-0.15, -0.1) is 23.2 Å². The lowest BCUT2D eigenvalue weighted by atomic mass is 10.0. The van der Waals surface area contributed by atoms with Crippen LogP contribution in [0.15, 0.2) is 11.1 Å². The molecular formula is C6H3Cl5O. The number of Topliss-reactive ketones (excluding diaryl/α,β-unsaturated/α-hetero) is 1. The Kier molecular flexibility index (Phi) is 3.23. The standard InChI is InChI=1S/C6H3Cl5O/c7-2-1-3(8)6(10,11)5(12)4(2)9/h1-2,4H. The number of ketones is 1. The van der Waals surface area contributed by atoms with E-state index >= 15 is 0 Å². The lowest BCUT2D eigenvalue weighted by Gasteiger charge is -2.27. The monoisotopic (exact) mass is 266 g/mol. The average molecular weight is 268 g/mol. The third-order valence-corrected chi connectivity index (χ3v) is 3.80. The Hall–Kier alpha value is 0.860. The summed E-state index contributed by atoms with van der Waals surface area (Å²) in [6, 6.07) is 0. The lowest BCUT2D eigenvalue weighted by Crippen LogP contribution is -2.42. The van der Waals surface area contributed by atoms with E-state index in [9.17, 15) is 4.79 Å². The van der Waals surface area contributed by atoms with Gasteiger partial charge in [0, 0.05) is 0 Å². The molecule has 1 rings (SSSR count).